The molecule has 0 aromatic heterocycles. The fourth-order valence-corrected chi connectivity index (χ4v) is 2.65. The van der Waals surface area contributed by atoms with Crippen LogP contribution in [0.2, 0.25) is 0 Å². The molecule has 0 fully saturated rings. The highest BCUT2D eigenvalue weighted by atomic mass is 32.2. The van der Waals surface area contributed by atoms with E-state index in [4.69, 9.17) is 0 Å². The summed E-state index contributed by atoms with van der Waals surface area (Å²) in [4.78, 5) is -0.434. The summed E-state index contributed by atoms with van der Waals surface area (Å²) in [5, 5.41) is 0. The molecule has 0 aliphatic heterocycles. The zero-order chi connectivity index (χ0) is 14.8. The quantitative estimate of drug-likeness (QED) is 0.885. The highest BCUT2D eigenvalue weighted by Crippen LogP contribution is 2.23. The Labute approximate surface area is 114 Å². The first-order chi connectivity index (χ1) is 9.28. The normalized spacial score (nSPS) is 12.3. The van der Waals surface area contributed by atoms with Gasteiger partial charge >= 0.3 is 6.30 Å². The Kier molecular flexibility index (Phi) is 3.82. The van der Waals surface area contributed by atoms with E-state index in [1.54, 1.807) is 36.4 Å². The largest absolute Gasteiger partial charge is 0.470 e. The highest BCUT2D eigenvalue weighted by molar-refractivity contribution is 7.89. The van der Waals surface area contributed by atoms with Gasteiger partial charge in [-0.1, -0.05) is 42.5 Å². The van der Waals surface area contributed by atoms with Crippen molar-refractivity contribution < 1.29 is 21.6 Å². The summed E-state index contributed by atoms with van der Waals surface area (Å²) in [7, 11) is -4.62. The Morgan fingerprint density at radius 2 is 1.45 bits per heavy atom. The first-order valence-corrected chi connectivity index (χ1v) is 7.02. The van der Waals surface area contributed by atoms with Crippen molar-refractivity contribution in [3.05, 3.63) is 54.6 Å². The number of benzene rings is 2. The van der Waals surface area contributed by atoms with Crippen LogP contribution in [-0.4, -0.2) is 14.7 Å². The number of nitrogens with one attached hydrogen (secondary N) is 1. The average molecular weight is 301 g/mol. The van der Waals surface area contributed by atoms with Gasteiger partial charge in [0, 0.05) is 0 Å². The summed E-state index contributed by atoms with van der Waals surface area (Å²) >= 11 is 0. The summed E-state index contributed by atoms with van der Waals surface area (Å²) in [5.41, 5.74) is 1.24. The van der Waals surface area contributed by atoms with E-state index in [1.165, 1.54) is 12.1 Å². The number of hydrogen-bond acceptors (Lipinski definition) is 2. The summed E-state index contributed by atoms with van der Waals surface area (Å²) in [6.07, 6.45) is -5.00. The second-order valence-corrected chi connectivity index (χ2v) is 5.68. The van der Waals surface area contributed by atoms with Gasteiger partial charge in [0.15, 0.2) is 0 Å². The van der Waals surface area contributed by atoms with Gasteiger partial charge in [0.05, 0.1) is 4.90 Å². The fourth-order valence-electron chi connectivity index (χ4n) is 1.68. The second kappa shape index (κ2) is 5.26. The van der Waals surface area contributed by atoms with Gasteiger partial charge in [-0.05, 0) is 23.3 Å². The van der Waals surface area contributed by atoms with E-state index in [0.717, 1.165) is 11.6 Å². The molecule has 1 N–H and O–H groups in total. The van der Waals surface area contributed by atoms with Crippen molar-refractivity contribution in [2.45, 2.75) is 11.2 Å². The first-order valence-electron chi connectivity index (χ1n) is 5.54. The molecule has 0 heterocycles. The maximum atomic E-state index is 12.2. The van der Waals surface area contributed by atoms with Gasteiger partial charge < -0.3 is 0 Å². The Balaban J connectivity index is 2.41. The lowest BCUT2D eigenvalue weighted by Crippen LogP contribution is -2.37. The van der Waals surface area contributed by atoms with E-state index in [9.17, 15) is 21.6 Å². The molecule has 0 bridgehead atoms. The third-order valence-corrected chi connectivity index (χ3v) is 3.88. The van der Waals surface area contributed by atoms with Crippen LogP contribution in [0.3, 0.4) is 0 Å². The van der Waals surface area contributed by atoms with Gasteiger partial charge in [-0.15, -0.1) is 4.72 Å². The monoisotopic (exact) mass is 301 g/mol. The van der Waals surface area contributed by atoms with E-state index >= 15 is 0 Å². The SMILES string of the molecule is O=S(=O)(NC(F)(F)F)c1cccc(-c2ccccc2)c1. The van der Waals surface area contributed by atoms with Crippen LogP contribution in [-0.2, 0) is 10.0 Å². The third-order valence-electron chi connectivity index (χ3n) is 2.50. The topological polar surface area (TPSA) is 46.2 Å². The van der Waals surface area contributed by atoms with Crippen LogP contribution in [0.15, 0.2) is 59.5 Å². The smallest absolute Gasteiger partial charge is 0.207 e. The molecule has 2 rings (SSSR count). The molecule has 106 valence electrons. The van der Waals surface area contributed by atoms with Crippen LogP contribution >= 0.6 is 0 Å². The highest BCUT2D eigenvalue weighted by Gasteiger charge is 2.34. The maximum Gasteiger partial charge on any atom is 0.470 e. The van der Waals surface area contributed by atoms with Crippen molar-refractivity contribution in [1.29, 1.82) is 0 Å². The summed E-state index contributed by atoms with van der Waals surface area (Å²) in [6.45, 7) is 0. The number of halogens is 3. The molecule has 0 amide bonds. The van der Waals surface area contributed by atoms with Crippen molar-refractivity contribution >= 4 is 10.0 Å². The lowest BCUT2D eigenvalue weighted by Gasteiger charge is -2.10. The minimum atomic E-state index is -5.00. The van der Waals surface area contributed by atoms with E-state index < -0.39 is 21.2 Å². The zero-order valence-corrected chi connectivity index (χ0v) is 10.9. The number of rotatable bonds is 3. The predicted molar refractivity (Wildman–Crippen MR) is 68.3 cm³/mol. The zero-order valence-electron chi connectivity index (χ0n) is 10.1. The summed E-state index contributed by atoms with van der Waals surface area (Å²) < 4.78 is 60.4. The Morgan fingerprint density at radius 1 is 0.850 bits per heavy atom. The molecular weight excluding hydrogens is 291 g/mol. The van der Waals surface area contributed by atoms with Crippen molar-refractivity contribution in [1.82, 2.24) is 4.72 Å². The molecule has 3 nitrogen and oxygen atoms in total. The third kappa shape index (κ3) is 3.58. The van der Waals surface area contributed by atoms with Crippen LogP contribution in [0.5, 0.6) is 0 Å². The molecule has 2 aromatic carbocycles. The van der Waals surface area contributed by atoms with E-state index in [-0.39, 0.29) is 0 Å². The van der Waals surface area contributed by atoms with Crippen molar-refractivity contribution in [2.24, 2.45) is 0 Å². The molecule has 0 aliphatic rings. The average Bonchev–Trinajstić information content (AvgIpc) is 2.37. The molecule has 0 spiro atoms. The van der Waals surface area contributed by atoms with Gasteiger partial charge in [-0.2, -0.15) is 13.2 Å². The molecule has 0 radical (unpaired) electrons. The van der Waals surface area contributed by atoms with Crippen LogP contribution in [0, 0.1) is 0 Å². The van der Waals surface area contributed by atoms with Crippen molar-refractivity contribution in [2.75, 3.05) is 0 Å². The van der Waals surface area contributed by atoms with Crippen LogP contribution in [0.25, 0.3) is 11.1 Å². The van der Waals surface area contributed by atoms with Crippen LogP contribution in [0.1, 0.15) is 0 Å². The molecule has 0 atom stereocenters. The second-order valence-electron chi connectivity index (χ2n) is 4.00. The molecule has 7 heteroatoms. The molecule has 0 unspecified atom stereocenters. The summed E-state index contributed by atoms with van der Waals surface area (Å²) in [6, 6.07) is 14.1. The van der Waals surface area contributed by atoms with Gasteiger partial charge in [-0.3, -0.25) is 0 Å². The Bertz CT molecular complexity index is 697. The van der Waals surface area contributed by atoms with Gasteiger partial charge in [-0.25, -0.2) is 8.42 Å². The van der Waals surface area contributed by atoms with Crippen molar-refractivity contribution in [3.8, 4) is 11.1 Å². The standard InChI is InChI=1S/C13H10F3NO2S/c14-13(15,16)17-20(18,19)12-8-4-7-11(9-12)10-5-2-1-3-6-10/h1-9,17H. The predicted octanol–water partition coefficient (Wildman–Crippen LogP) is 3.15. The van der Waals surface area contributed by atoms with Crippen LogP contribution < -0.4 is 4.72 Å². The Hall–Kier alpha value is -1.86. The lowest BCUT2D eigenvalue weighted by atomic mass is 10.1. The fraction of sp³-hybridized carbons (Fsp3) is 0.0769. The molecule has 0 aliphatic carbocycles. The Morgan fingerprint density at radius 3 is 2.05 bits per heavy atom. The van der Waals surface area contributed by atoms with E-state index in [1.807, 2.05) is 0 Å². The van der Waals surface area contributed by atoms with Crippen LogP contribution in [0.4, 0.5) is 13.2 Å². The van der Waals surface area contributed by atoms with Gasteiger partial charge in [0.1, 0.15) is 0 Å². The first kappa shape index (κ1) is 14.5. The number of alkyl halides is 3. The minimum Gasteiger partial charge on any atom is -0.207 e. The van der Waals surface area contributed by atoms with Gasteiger partial charge in [0.2, 0.25) is 10.0 Å². The number of hydrogen-bond donors (Lipinski definition) is 1. The maximum absolute atomic E-state index is 12.2. The molecule has 20 heavy (non-hydrogen) atoms. The summed E-state index contributed by atoms with van der Waals surface area (Å²) in [5.74, 6) is 0. The number of sulfonamides is 1. The van der Waals surface area contributed by atoms with Crippen molar-refractivity contribution in [3.63, 3.8) is 0 Å². The van der Waals surface area contributed by atoms with E-state index in [2.05, 4.69) is 0 Å². The van der Waals surface area contributed by atoms with Gasteiger partial charge in [0.25, 0.3) is 0 Å². The lowest BCUT2D eigenvalue weighted by molar-refractivity contribution is -0.138. The molecule has 2 aromatic rings. The minimum absolute atomic E-state index is 0.434. The molecular formula is C13H10F3NO2S. The van der Waals surface area contributed by atoms with E-state index in [0.29, 0.717) is 10.3 Å². The molecule has 0 saturated heterocycles. The molecule has 0 saturated carbocycles.